The van der Waals surface area contributed by atoms with Crippen LogP contribution in [0.2, 0.25) is 0 Å². The average molecular weight is 160 g/mol. The van der Waals surface area contributed by atoms with E-state index in [0.29, 0.717) is 0 Å². The minimum Gasteiger partial charge on any atom is -0.368 e. The van der Waals surface area contributed by atoms with Gasteiger partial charge in [-0.3, -0.25) is 0 Å². The van der Waals surface area contributed by atoms with Crippen LogP contribution in [0, 0.1) is 5.92 Å². The Bertz CT molecular complexity index is 91.6. The highest BCUT2D eigenvalue weighted by Crippen LogP contribution is 2.09. The highest BCUT2D eigenvalue weighted by atomic mass is 16.6. The lowest BCUT2D eigenvalue weighted by Gasteiger charge is -2.20. The van der Waals surface area contributed by atoms with Gasteiger partial charge in [-0.2, -0.15) is 0 Å². The zero-order valence-electron chi connectivity index (χ0n) is 8.00. The summed E-state index contributed by atoms with van der Waals surface area (Å²) in [5, 5.41) is 9.30. The van der Waals surface area contributed by atoms with Crippen molar-refractivity contribution in [1.82, 2.24) is 0 Å². The van der Waals surface area contributed by atoms with Crippen LogP contribution in [0.1, 0.15) is 40.5 Å². The van der Waals surface area contributed by atoms with Crippen molar-refractivity contribution < 1.29 is 9.84 Å². The Morgan fingerprint density at radius 2 is 1.82 bits per heavy atom. The van der Waals surface area contributed by atoms with Gasteiger partial charge in [0.05, 0.1) is 6.10 Å². The summed E-state index contributed by atoms with van der Waals surface area (Å²) < 4.78 is 5.31. The van der Waals surface area contributed by atoms with Gasteiger partial charge in [0, 0.05) is 5.92 Å². The Hall–Kier alpha value is -0.0800. The molecule has 2 heteroatoms. The molecule has 0 rings (SSSR count). The van der Waals surface area contributed by atoms with E-state index in [1.807, 2.05) is 20.8 Å². The lowest BCUT2D eigenvalue weighted by molar-refractivity contribution is -0.155. The van der Waals surface area contributed by atoms with Crippen LogP contribution in [0.25, 0.3) is 0 Å². The third-order valence-electron chi connectivity index (χ3n) is 1.64. The van der Waals surface area contributed by atoms with Crippen LogP contribution in [0.3, 0.4) is 0 Å². The van der Waals surface area contributed by atoms with E-state index in [-0.39, 0.29) is 12.0 Å². The second-order valence-corrected chi connectivity index (χ2v) is 3.37. The van der Waals surface area contributed by atoms with Gasteiger partial charge in [-0.05, 0) is 13.3 Å². The fourth-order valence-electron chi connectivity index (χ4n) is 0.870. The highest BCUT2D eigenvalue weighted by Gasteiger charge is 2.12. The van der Waals surface area contributed by atoms with E-state index in [0.717, 1.165) is 12.8 Å². The lowest BCUT2D eigenvalue weighted by atomic mass is 10.2. The number of aliphatic hydroxyl groups excluding tert-OH is 1. The van der Waals surface area contributed by atoms with E-state index in [1.54, 1.807) is 0 Å². The number of rotatable bonds is 5. The first-order chi connectivity index (χ1) is 5.07. The van der Waals surface area contributed by atoms with Gasteiger partial charge in [-0.25, -0.2) is 0 Å². The van der Waals surface area contributed by atoms with Crippen molar-refractivity contribution in [3.8, 4) is 0 Å². The standard InChI is InChI=1S/C9H20O2/c1-5-6-8(4)11-9(10)7(2)3/h7-10H,5-6H2,1-4H3. The monoisotopic (exact) mass is 160 g/mol. The second kappa shape index (κ2) is 5.56. The van der Waals surface area contributed by atoms with Crippen LogP contribution in [-0.2, 0) is 4.74 Å². The van der Waals surface area contributed by atoms with E-state index in [4.69, 9.17) is 4.74 Å². The fraction of sp³-hybridized carbons (Fsp3) is 1.00. The van der Waals surface area contributed by atoms with Gasteiger partial charge in [0.1, 0.15) is 0 Å². The first-order valence-corrected chi connectivity index (χ1v) is 4.41. The van der Waals surface area contributed by atoms with Crippen LogP contribution >= 0.6 is 0 Å². The molecule has 0 radical (unpaired) electrons. The van der Waals surface area contributed by atoms with Crippen LogP contribution < -0.4 is 0 Å². The molecule has 2 nitrogen and oxygen atoms in total. The molecule has 2 unspecified atom stereocenters. The summed E-state index contributed by atoms with van der Waals surface area (Å²) in [6, 6.07) is 0. The van der Waals surface area contributed by atoms with Crippen molar-refractivity contribution in [2.45, 2.75) is 52.9 Å². The largest absolute Gasteiger partial charge is 0.368 e. The van der Waals surface area contributed by atoms with Crippen molar-refractivity contribution in [2.24, 2.45) is 5.92 Å². The van der Waals surface area contributed by atoms with E-state index >= 15 is 0 Å². The van der Waals surface area contributed by atoms with Gasteiger partial charge in [0.2, 0.25) is 0 Å². The molecule has 0 amide bonds. The van der Waals surface area contributed by atoms with Gasteiger partial charge < -0.3 is 9.84 Å². The van der Waals surface area contributed by atoms with Crippen LogP contribution in [0.15, 0.2) is 0 Å². The Kier molecular flexibility index (Phi) is 5.51. The SMILES string of the molecule is CCCC(C)OC(O)C(C)C. The summed E-state index contributed by atoms with van der Waals surface area (Å²) in [6.07, 6.45) is 1.70. The third kappa shape index (κ3) is 5.22. The van der Waals surface area contributed by atoms with Crippen molar-refractivity contribution in [3.63, 3.8) is 0 Å². The van der Waals surface area contributed by atoms with Crippen LogP contribution in [0.4, 0.5) is 0 Å². The predicted octanol–water partition coefficient (Wildman–Crippen LogP) is 2.17. The molecule has 1 N–H and O–H groups in total. The number of hydrogen-bond acceptors (Lipinski definition) is 2. The molecule has 0 fully saturated rings. The van der Waals surface area contributed by atoms with Gasteiger partial charge >= 0.3 is 0 Å². The molecule has 0 aromatic heterocycles. The second-order valence-electron chi connectivity index (χ2n) is 3.37. The molecule has 0 aliphatic rings. The van der Waals surface area contributed by atoms with Gasteiger partial charge in [-0.15, -0.1) is 0 Å². The summed E-state index contributed by atoms with van der Waals surface area (Å²) in [7, 11) is 0. The fourth-order valence-corrected chi connectivity index (χ4v) is 0.870. The maximum absolute atomic E-state index is 9.30. The highest BCUT2D eigenvalue weighted by molar-refractivity contribution is 4.53. The molecule has 11 heavy (non-hydrogen) atoms. The molecule has 0 aliphatic heterocycles. The van der Waals surface area contributed by atoms with Crippen LogP contribution in [0.5, 0.6) is 0 Å². The average Bonchev–Trinajstić information content (AvgIpc) is 1.87. The van der Waals surface area contributed by atoms with Gasteiger partial charge in [0.15, 0.2) is 6.29 Å². The van der Waals surface area contributed by atoms with Crippen LogP contribution in [-0.4, -0.2) is 17.5 Å². The summed E-state index contributed by atoms with van der Waals surface area (Å²) in [5.41, 5.74) is 0. The molecular formula is C9H20O2. The minimum atomic E-state index is -0.600. The molecular weight excluding hydrogens is 140 g/mol. The zero-order valence-corrected chi connectivity index (χ0v) is 8.00. The van der Waals surface area contributed by atoms with Crippen molar-refractivity contribution in [2.75, 3.05) is 0 Å². The number of ether oxygens (including phenoxy) is 1. The molecule has 0 spiro atoms. The maximum Gasteiger partial charge on any atom is 0.157 e. The summed E-state index contributed by atoms with van der Waals surface area (Å²) in [4.78, 5) is 0. The van der Waals surface area contributed by atoms with E-state index < -0.39 is 6.29 Å². The molecule has 0 bridgehead atoms. The smallest absolute Gasteiger partial charge is 0.157 e. The maximum atomic E-state index is 9.30. The van der Waals surface area contributed by atoms with E-state index in [9.17, 15) is 5.11 Å². The lowest BCUT2D eigenvalue weighted by Crippen LogP contribution is -2.24. The van der Waals surface area contributed by atoms with E-state index in [1.165, 1.54) is 0 Å². The molecule has 0 saturated heterocycles. The van der Waals surface area contributed by atoms with E-state index in [2.05, 4.69) is 6.92 Å². The molecule has 2 atom stereocenters. The summed E-state index contributed by atoms with van der Waals surface area (Å²) in [5.74, 6) is 0.189. The summed E-state index contributed by atoms with van der Waals surface area (Å²) in [6.45, 7) is 8.00. The number of aliphatic hydroxyl groups is 1. The molecule has 0 aliphatic carbocycles. The van der Waals surface area contributed by atoms with Crippen molar-refractivity contribution in [3.05, 3.63) is 0 Å². The minimum absolute atomic E-state index is 0.178. The Labute approximate surface area is 69.6 Å². The predicted molar refractivity (Wildman–Crippen MR) is 46.3 cm³/mol. The quantitative estimate of drug-likeness (QED) is 0.624. The van der Waals surface area contributed by atoms with Crippen molar-refractivity contribution >= 4 is 0 Å². The van der Waals surface area contributed by atoms with Crippen molar-refractivity contribution in [1.29, 1.82) is 0 Å². The normalized spacial score (nSPS) is 16.9. The molecule has 0 aromatic carbocycles. The molecule has 0 saturated carbocycles. The van der Waals surface area contributed by atoms with Gasteiger partial charge in [0.25, 0.3) is 0 Å². The topological polar surface area (TPSA) is 29.5 Å². The Morgan fingerprint density at radius 3 is 2.18 bits per heavy atom. The molecule has 0 aromatic rings. The first kappa shape index (κ1) is 10.9. The molecule has 0 heterocycles. The summed E-state index contributed by atoms with van der Waals surface area (Å²) >= 11 is 0. The Balaban J connectivity index is 3.48. The third-order valence-corrected chi connectivity index (χ3v) is 1.64. The first-order valence-electron chi connectivity index (χ1n) is 4.41. The van der Waals surface area contributed by atoms with Gasteiger partial charge in [-0.1, -0.05) is 27.2 Å². The molecule has 68 valence electrons. The Morgan fingerprint density at radius 1 is 1.27 bits per heavy atom. The number of hydrogen-bond donors (Lipinski definition) is 1. The zero-order chi connectivity index (χ0) is 8.85.